The highest BCUT2D eigenvalue weighted by atomic mass is 32.2. The molecular formula is C26H22F5N3O5S. The summed E-state index contributed by atoms with van der Waals surface area (Å²) >= 11 is 0. The Morgan fingerprint density at radius 2 is 1.60 bits per heavy atom. The fourth-order valence-corrected chi connectivity index (χ4v) is 5.83. The van der Waals surface area contributed by atoms with Crippen LogP contribution in [-0.2, 0) is 23.1 Å². The summed E-state index contributed by atoms with van der Waals surface area (Å²) in [6, 6.07) is 4.85. The Morgan fingerprint density at radius 1 is 0.950 bits per heavy atom. The predicted octanol–water partition coefficient (Wildman–Crippen LogP) is 5.33. The van der Waals surface area contributed by atoms with Gasteiger partial charge in [0.2, 0.25) is 34.8 Å². The zero-order chi connectivity index (χ0) is 28.8. The number of benzene rings is 2. The van der Waals surface area contributed by atoms with Crippen LogP contribution in [0.2, 0.25) is 0 Å². The van der Waals surface area contributed by atoms with Crippen molar-refractivity contribution in [1.29, 1.82) is 0 Å². The summed E-state index contributed by atoms with van der Waals surface area (Å²) in [6.07, 6.45) is 5.67. The predicted molar refractivity (Wildman–Crippen MR) is 131 cm³/mol. The van der Waals surface area contributed by atoms with Crippen LogP contribution in [0.3, 0.4) is 0 Å². The first-order chi connectivity index (χ1) is 19.0. The minimum absolute atomic E-state index is 0.0980. The Bertz CT molecular complexity index is 1750. The molecule has 0 radical (unpaired) electrons. The van der Waals surface area contributed by atoms with Crippen LogP contribution in [-0.4, -0.2) is 23.4 Å². The first-order valence-corrected chi connectivity index (χ1v) is 13.8. The lowest BCUT2D eigenvalue weighted by molar-refractivity contribution is 0.346. The van der Waals surface area contributed by atoms with Crippen LogP contribution in [0.1, 0.15) is 49.3 Å². The van der Waals surface area contributed by atoms with Gasteiger partial charge in [-0.2, -0.15) is 22.3 Å². The van der Waals surface area contributed by atoms with Gasteiger partial charge in [-0.25, -0.2) is 17.9 Å². The van der Waals surface area contributed by atoms with Crippen molar-refractivity contribution < 1.29 is 39.1 Å². The van der Waals surface area contributed by atoms with Crippen molar-refractivity contribution in [2.24, 2.45) is 5.92 Å². The second-order valence-corrected chi connectivity index (χ2v) is 11.2. The quantitative estimate of drug-likeness (QED) is 0.125. The first kappa shape index (κ1) is 27.7. The zero-order valence-electron chi connectivity index (χ0n) is 21.0. The SMILES string of the molecule is Cc1cc(Cn2nc(CC3CCCCC3)c3ccc(S(=O)(=O)Oc4c(F)c(F)c(F)c(F)c4F)cc3c2=O)on1. The lowest BCUT2D eigenvalue weighted by Gasteiger charge is -2.22. The van der Waals surface area contributed by atoms with Gasteiger partial charge in [0, 0.05) is 11.5 Å². The third kappa shape index (κ3) is 5.19. The van der Waals surface area contributed by atoms with Crippen molar-refractivity contribution in [3.05, 3.63) is 80.9 Å². The van der Waals surface area contributed by atoms with Gasteiger partial charge in [-0.1, -0.05) is 43.3 Å². The summed E-state index contributed by atoms with van der Waals surface area (Å²) in [5.74, 6) is -13.5. The van der Waals surface area contributed by atoms with Gasteiger partial charge in [-0.05, 0) is 31.4 Å². The molecular weight excluding hydrogens is 561 g/mol. The Morgan fingerprint density at radius 3 is 2.23 bits per heavy atom. The molecule has 1 aliphatic rings. The van der Waals surface area contributed by atoms with Gasteiger partial charge in [-0.3, -0.25) is 4.79 Å². The minimum Gasteiger partial charge on any atom is -0.372 e. The van der Waals surface area contributed by atoms with E-state index in [1.165, 1.54) is 6.07 Å². The molecule has 2 aromatic heterocycles. The summed E-state index contributed by atoms with van der Waals surface area (Å²) < 4.78 is 105. The summed E-state index contributed by atoms with van der Waals surface area (Å²) in [4.78, 5) is 12.7. The molecule has 5 rings (SSSR count). The molecule has 2 aromatic carbocycles. The molecule has 1 saturated carbocycles. The van der Waals surface area contributed by atoms with Crippen LogP contribution >= 0.6 is 0 Å². The number of nitrogens with zero attached hydrogens (tertiary/aromatic N) is 3. The normalized spacial score (nSPS) is 14.7. The molecule has 0 N–H and O–H groups in total. The van der Waals surface area contributed by atoms with E-state index in [-0.39, 0.29) is 11.9 Å². The molecule has 212 valence electrons. The van der Waals surface area contributed by atoms with E-state index in [0.717, 1.165) is 48.9 Å². The van der Waals surface area contributed by atoms with E-state index in [0.29, 0.717) is 34.9 Å². The Kier molecular flexibility index (Phi) is 7.38. The maximum absolute atomic E-state index is 14.1. The second kappa shape index (κ2) is 10.6. The van der Waals surface area contributed by atoms with E-state index in [9.17, 15) is 35.2 Å². The monoisotopic (exact) mass is 583 g/mol. The molecule has 8 nitrogen and oxygen atoms in total. The van der Waals surface area contributed by atoms with Crippen molar-refractivity contribution in [3.63, 3.8) is 0 Å². The summed E-state index contributed by atoms with van der Waals surface area (Å²) in [5.41, 5.74) is 0.400. The molecule has 1 aliphatic carbocycles. The topological polar surface area (TPSA) is 104 Å². The van der Waals surface area contributed by atoms with Crippen LogP contribution in [0.25, 0.3) is 10.8 Å². The molecule has 0 bridgehead atoms. The number of aryl methyl sites for hydroxylation is 1. The lowest BCUT2D eigenvalue weighted by atomic mass is 9.85. The van der Waals surface area contributed by atoms with Gasteiger partial charge in [0.05, 0.1) is 16.8 Å². The van der Waals surface area contributed by atoms with Gasteiger partial charge in [0.25, 0.3) is 5.56 Å². The van der Waals surface area contributed by atoms with Crippen LogP contribution < -0.4 is 9.74 Å². The molecule has 0 atom stereocenters. The third-order valence-electron chi connectivity index (χ3n) is 6.85. The van der Waals surface area contributed by atoms with Gasteiger partial charge >= 0.3 is 10.1 Å². The van der Waals surface area contributed by atoms with E-state index in [4.69, 9.17) is 4.52 Å². The lowest BCUT2D eigenvalue weighted by Crippen LogP contribution is -2.26. The summed E-state index contributed by atoms with van der Waals surface area (Å²) in [6.45, 7) is 1.59. The summed E-state index contributed by atoms with van der Waals surface area (Å²) in [5, 5.41) is 8.57. The zero-order valence-corrected chi connectivity index (χ0v) is 21.8. The molecule has 1 fully saturated rings. The highest BCUT2D eigenvalue weighted by Gasteiger charge is 2.31. The molecule has 2 heterocycles. The average molecular weight is 584 g/mol. The number of hydrogen-bond acceptors (Lipinski definition) is 7. The van der Waals surface area contributed by atoms with Crippen LogP contribution in [0.5, 0.6) is 5.75 Å². The molecule has 0 aliphatic heterocycles. The standard InChI is InChI=1S/C26H22F5N3O5S/c1-13-9-15(38-33-13)12-34-26(35)18-11-16(7-8-17(18)19(32-34)10-14-5-3-2-4-6-14)40(36,37)39-25-23(30)21(28)20(27)22(29)24(25)31/h7-9,11,14H,2-6,10,12H2,1H3. The van der Waals surface area contributed by atoms with Crippen molar-refractivity contribution in [3.8, 4) is 5.75 Å². The first-order valence-electron chi connectivity index (χ1n) is 12.4. The summed E-state index contributed by atoms with van der Waals surface area (Å²) in [7, 11) is -5.15. The van der Waals surface area contributed by atoms with E-state index in [1.807, 2.05) is 0 Å². The maximum atomic E-state index is 14.1. The van der Waals surface area contributed by atoms with Crippen LogP contribution in [0.15, 0.2) is 38.5 Å². The van der Waals surface area contributed by atoms with Crippen molar-refractivity contribution >= 4 is 20.9 Å². The highest BCUT2D eigenvalue weighted by molar-refractivity contribution is 7.87. The van der Waals surface area contributed by atoms with Gasteiger partial charge < -0.3 is 8.71 Å². The fraction of sp³-hybridized carbons (Fsp3) is 0.346. The van der Waals surface area contributed by atoms with E-state index >= 15 is 0 Å². The number of halogens is 5. The number of rotatable bonds is 7. The number of aromatic nitrogens is 3. The number of hydrogen-bond donors (Lipinski definition) is 0. The molecule has 14 heteroatoms. The van der Waals surface area contributed by atoms with Crippen molar-refractivity contribution in [1.82, 2.24) is 14.9 Å². The minimum atomic E-state index is -5.15. The van der Waals surface area contributed by atoms with Crippen LogP contribution in [0.4, 0.5) is 22.0 Å². The second-order valence-electron chi connectivity index (χ2n) is 9.70. The average Bonchev–Trinajstić information content (AvgIpc) is 3.36. The molecule has 4 aromatic rings. The Balaban J connectivity index is 1.60. The fourth-order valence-electron chi connectivity index (χ4n) is 4.87. The number of fused-ring (bicyclic) bond motifs is 1. The van der Waals surface area contributed by atoms with E-state index in [2.05, 4.69) is 14.4 Å². The van der Waals surface area contributed by atoms with Gasteiger partial charge in [0.1, 0.15) is 11.4 Å². The largest absolute Gasteiger partial charge is 0.372 e. The molecule has 0 saturated heterocycles. The highest BCUT2D eigenvalue weighted by Crippen LogP contribution is 2.33. The Labute approximate surface area is 224 Å². The van der Waals surface area contributed by atoms with Gasteiger partial charge in [0.15, 0.2) is 5.76 Å². The Hall–Kier alpha value is -3.81. The van der Waals surface area contributed by atoms with Crippen LogP contribution in [0, 0.1) is 41.9 Å². The van der Waals surface area contributed by atoms with Crippen molar-refractivity contribution in [2.45, 2.75) is 56.9 Å². The van der Waals surface area contributed by atoms with Gasteiger partial charge in [-0.15, -0.1) is 0 Å². The maximum Gasteiger partial charge on any atom is 0.339 e. The molecule has 0 unspecified atom stereocenters. The molecule has 0 amide bonds. The molecule has 0 spiro atoms. The smallest absolute Gasteiger partial charge is 0.339 e. The third-order valence-corrected chi connectivity index (χ3v) is 8.07. The van der Waals surface area contributed by atoms with E-state index in [1.54, 1.807) is 13.0 Å². The van der Waals surface area contributed by atoms with Crippen molar-refractivity contribution in [2.75, 3.05) is 0 Å². The van der Waals surface area contributed by atoms with E-state index < -0.39 is 55.4 Å². The molecule has 40 heavy (non-hydrogen) atoms.